The fraction of sp³-hybridized carbons (Fsp3) is 0.154. The predicted molar refractivity (Wildman–Crippen MR) is 65.5 cm³/mol. The van der Waals surface area contributed by atoms with E-state index < -0.39 is 0 Å². The lowest BCUT2D eigenvalue weighted by Gasteiger charge is -2.00. The van der Waals surface area contributed by atoms with Crippen LogP contribution in [0.3, 0.4) is 0 Å². The van der Waals surface area contributed by atoms with Crippen LogP contribution in [0, 0.1) is 11.3 Å². The van der Waals surface area contributed by atoms with Gasteiger partial charge in [-0.15, -0.1) is 11.3 Å². The average molecular weight is 229 g/mol. The minimum absolute atomic E-state index is 0.0476. The molecule has 1 aromatic heterocycles. The highest BCUT2D eigenvalue weighted by Gasteiger charge is 2.05. The van der Waals surface area contributed by atoms with E-state index in [0.29, 0.717) is 5.56 Å². The van der Waals surface area contributed by atoms with Gasteiger partial charge in [0.1, 0.15) is 11.8 Å². The van der Waals surface area contributed by atoms with Crippen molar-refractivity contribution < 1.29 is 5.11 Å². The van der Waals surface area contributed by atoms with Gasteiger partial charge in [-0.3, -0.25) is 0 Å². The molecule has 16 heavy (non-hydrogen) atoms. The van der Waals surface area contributed by atoms with Crippen molar-refractivity contribution in [1.82, 2.24) is 0 Å². The third kappa shape index (κ3) is 1.93. The van der Waals surface area contributed by atoms with Crippen molar-refractivity contribution in [2.45, 2.75) is 13.3 Å². The van der Waals surface area contributed by atoms with Gasteiger partial charge in [0, 0.05) is 4.88 Å². The summed E-state index contributed by atoms with van der Waals surface area (Å²) in [5.74, 6) is 0.0476. The van der Waals surface area contributed by atoms with Crippen LogP contribution < -0.4 is 0 Å². The summed E-state index contributed by atoms with van der Waals surface area (Å²) in [6, 6.07) is 9.22. The molecule has 0 saturated carbocycles. The number of thiophene rings is 1. The Kier molecular flexibility index (Phi) is 2.93. The van der Waals surface area contributed by atoms with Gasteiger partial charge in [-0.2, -0.15) is 5.26 Å². The van der Waals surface area contributed by atoms with Gasteiger partial charge in [-0.05, 0) is 41.1 Å². The number of nitrogens with zero attached hydrogens (tertiary/aromatic N) is 1. The Morgan fingerprint density at radius 2 is 2.19 bits per heavy atom. The number of benzene rings is 1. The Balaban J connectivity index is 2.42. The number of nitriles is 1. The van der Waals surface area contributed by atoms with E-state index in [1.165, 1.54) is 5.56 Å². The first-order valence-electron chi connectivity index (χ1n) is 5.05. The Labute approximate surface area is 98.4 Å². The van der Waals surface area contributed by atoms with E-state index in [4.69, 9.17) is 5.26 Å². The molecule has 1 heterocycles. The first kappa shape index (κ1) is 10.7. The smallest absolute Gasteiger partial charge is 0.133 e. The number of aromatic hydroxyl groups is 1. The van der Waals surface area contributed by atoms with Gasteiger partial charge in [0.2, 0.25) is 0 Å². The molecule has 0 atom stereocenters. The van der Waals surface area contributed by atoms with E-state index in [1.807, 2.05) is 12.1 Å². The van der Waals surface area contributed by atoms with Crippen LogP contribution in [-0.2, 0) is 6.42 Å². The quantitative estimate of drug-likeness (QED) is 0.855. The van der Waals surface area contributed by atoms with Crippen LogP contribution >= 0.6 is 11.3 Å². The Bertz CT molecular complexity index is 551. The van der Waals surface area contributed by atoms with Crippen LogP contribution in [0.25, 0.3) is 10.4 Å². The van der Waals surface area contributed by atoms with Crippen molar-refractivity contribution in [2.24, 2.45) is 0 Å². The third-order valence-electron chi connectivity index (χ3n) is 2.46. The standard InChI is InChI=1S/C13H11NOS/c1-2-9-5-13(16-8-9)10-3-4-11(7-14)12(15)6-10/h3-6,8,15H,2H2,1H3. The van der Waals surface area contributed by atoms with E-state index in [0.717, 1.165) is 16.9 Å². The highest BCUT2D eigenvalue weighted by molar-refractivity contribution is 7.13. The molecular weight excluding hydrogens is 218 g/mol. The molecule has 3 heteroatoms. The van der Waals surface area contributed by atoms with Crippen LogP contribution in [-0.4, -0.2) is 5.11 Å². The van der Waals surface area contributed by atoms with Gasteiger partial charge in [0.15, 0.2) is 0 Å². The number of phenolic OH excluding ortho intramolecular Hbond substituents is 1. The molecule has 0 saturated heterocycles. The zero-order valence-corrected chi connectivity index (χ0v) is 9.71. The maximum Gasteiger partial charge on any atom is 0.133 e. The number of aryl methyl sites for hydroxylation is 1. The van der Waals surface area contributed by atoms with Crippen LogP contribution in [0.2, 0.25) is 0 Å². The molecule has 0 amide bonds. The number of phenols is 1. The fourth-order valence-electron chi connectivity index (χ4n) is 1.49. The van der Waals surface area contributed by atoms with Gasteiger partial charge < -0.3 is 5.11 Å². The third-order valence-corrected chi connectivity index (χ3v) is 3.49. The van der Waals surface area contributed by atoms with Crippen LogP contribution in [0.4, 0.5) is 0 Å². The highest BCUT2D eigenvalue weighted by atomic mass is 32.1. The average Bonchev–Trinajstić information content (AvgIpc) is 2.77. The molecule has 0 aliphatic heterocycles. The van der Waals surface area contributed by atoms with Crippen molar-refractivity contribution >= 4 is 11.3 Å². The van der Waals surface area contributed by atoms with Crippen LogP contribution in [0.1, 0.15) is 18.1 Å². The zero-order chi connectivity index (χ0) is 11.5. The van der Waals surface area contributed by atoms with E-state index >= 15 is 0 Å². The van der Waals surface area contributed by atoms with Gasteiger partial charge >= 0.3 is 0 Å². The predicted octanol–water partition coefficient (Wildman–Crippen LogP) is 3.55. The van der Waals surface area contributed by atoms with Crippen LogP contribution in [0.15, 0.2) is 29.6 Å². The van der Waals surface area contributed by atoms with Gasteiger partial charge in [0.05, 0.1) is 5.56 Å². The molecule has 0 aliphatic rings. The summed E-state index contributed by atoms with van der Waals surface area (Å²) in [6.07, 6.45) is 1.01. The monoisotopic (exact) mass is 229 g/mol. The summed E-state index contributed by atoms with van der Waals surface area (Å²) in [5, 5.41) is 20.4. The molecule has 2 aromatic rings. The normalized spacial score (nSPS) is 10.0. The Hall–Kier alpha value is -1.79. The van der Waals surface area contributed by atoms with Gasteiger partial charge in [-0.25, -0.2) is 0 Å². The summed E-state index contributed by atoms with van der Waals surface area (Å²) in [6.45, 7) is 2.11. The minimum Gasteiger partial charge on any atom is -0.507 e. The second kappa shape index (κ2) is 4.38. The molecule has 2 rings (SSSR count). The SMILES string of the molecule is CCc1csc(-c2ccc(C#N)c(O)c2)c1. The maximum absolute atomic E-state index is 9.60. The molecule has 1 aromatic carbocycles. The zero-order valence-electron chi connectivity index (χ0n) is 8.90. The second-order valence-corrected chi connectivity index (χ2v) is 4.43. The molecule has 1 N–H and O–H groups in total. The number of rotatable bonds is 2. The molecule has 80 valence electrons. The number of hydrogen-bond donors (Lipinski definition) is 1. The van der Waals surface area contributed by atoms with Crippen molar-refractivity contribution in [3.8, 4) is 22.3 Å². The lowest BCUT2D eigenvalue weighted by molar-refractivity contribution is 0.474. The van der Waals surface area contributed by atoms with E-state index in [9.17, 15) is 5.11 Å². The maximum atomic E-state index is 9.60. The molecular formula is C13H11NOS. The summed E-state index contributed by atoms with van der Waals surface area (Å²) in [7, 11) is 0. The van der Waals surface area contributed by atoms with E-state index in [1.54, 1.807) is 23.5 Å². The minimum atomic E-state index is 0.0476. The van der Waals surface area contributed by atoms with Crippen molar-refractivity contribution in [2.75, 3.05) is 0 Å². The topological polar surface area (TPSA) is 44.0 Å². The second-order valence-electron chi connectivity index (χ2n) is 3.52. The summed E-state index contributed by atoms with van der Waals surface area (Å²) in [4.78, 5) is 1.12. The lowest BCUT2D eigenvalue weighted by atomic mass is 10.1. The summed E-state index contributed by atoms with van der Waals surface area (Å²) >= 11 is 1.66. The van der Waals surface area contributed by atoms with E-state index in [2.05, 4.69) is 18.4 Å². The van der Waals surface area contributed by atoms with Crippen molar-refractivity contribution in [3.05, 3.63) is 40.8 Å². The fourth-order valence-corrected chi connectivity index (χ4v) is 2.49. The molecule has 0 unspecified atom stereocenters. The summed E-state index contributed by atoms with van der Waals surface area (Å²) < 4.78 is 0. The molecule has 0 fully saturated rings. The summed E-state index contributed by atoms with van der Waals surface area (Å²) in [5.41, 5.74) is 2.57. The van der Waals surface area contributed by atoms with Gasteiger partial charge in [-0.1, -0.05) is 13.0 Å². The van der Waals surface area contributed by atoms with Gasteiger partial charge in [0.25, 0.3) is 0 Å². The van der Waals surface area contributed by atoms with E-state index in [-0.39, 0.29) is 5.75 Å². The molecule has 0 bridgehead atoms. The van der Waals surface area contributed by atoms with Crippen molar-refractivity contribution in [1.29, 1.82) is 5.26 Å². The molecule has 0 spiro atoms. The van der Waals surface area contributed by atoms with Crippen LogP contribution in [0.5, 0.6) is 5.75 Å². The first-order chi connectivity index (χ1) is 7.74. The largest absolute Gasteiger partial charge is 0.507 e. The Morgan fingerprint density at radius 3 is 2.75 bits per heavy atom. The first-order valence-corrected chi connectivity index (χ1v) is 5.93. The van der Waals surface area contributed by atoms with Crippen molar-refractivity contribution in [3.63, 3.8) is 0 Å². The molecule has 2 nitrogen and oxygen atoms in total. The number of hydrogen-bond acceptors (Lipinski definition) is 3. The molecule has 0 aliphatic carbocycles. The highest BCUT2D eigenvalue weighted by Crippen LogP contribution is 2.31. The Morgan fingerprint density at radius 1 is 1.38 bits per heavy atom. The lowest BCUT2D eigenvalue weighted by Crippen LogP contribution is -1.78. The molecule has 0 radical (unpaired) electrons.